The van der Waals surface area contributed by atoms with Gasteiger partial charge in [-0.2, -0.15) is 0 Å². The first kappa shape index (κ1) is 17.6. The molecule has 0 radical (unpaired) electrons. The Hall–Kier alpha value is -1.38. The molecule has 2 nitrogen and oxygen atoms in total. The fourth-order valence-electron chi connectivity index (χ4n) is 1.56. The molecule has 0 heterocycles. The minimum Gasteiger partial charge on any atom is -0.457 e. The van der Waals surface area contributed by atoms with Gasteiger partial charge in [-0.25, -0.2) is 4.39 Å². The molecule has 0 N–H and O–H groups in total. The van der Waals surface area contributed by atoms with Gasteiger partial charge in [-0.3, -0.25) is 4.79 Å². The van der Waals surface area contributed by atoms with Crippen LogP contribution < -0.4 is 0 Å². The van der Waals surface area contributed by atoms with E-state index in [1.807, 2.05) is 13.8 Å². The predicted molar refractivity (Wildman–Crippen MR) is 77.5 cm³/mol. The Labute approximate surface area is 116 Å². The highest BCUT2D eigenvalue weighted by Crippen LogP contribution is 2.20. The van der Waals surface area contributed by atoms with E-state index >= 15 is 0 Å². The summed E-state index contributed by atoms with van der Waals surface area (Å²) in [5, 5.41) is 0. The van der Waals surface area contributed by atoms with Crippen LogP contribution in [0.25, 0.3) is 0 Å². The highest BCUT2D eigenvalue weighted by atomic mass is 19.1. The van der Waals surface area contributed by atoms with Gasteiger partial charge in [0.05, 0.1) is 0 Å². The van der Waals surface area contributed by atoms with E-state index in [9.17, 15) is 9.18 Å². The summed E-state index contributed by atoms with van der Waals surface area (Å²) in [7, 11) is 0. The normalized spacial score (nSPS) is 15.4. The van der Waals surface area contributed by atoms with E-state index in [0.29, 0.717) is 24.0 Å². The molecule has 0 aliphatic carbocycles. The maximum atomic E-state index is 13.9. The van der Waals surface area contributed by atoms with Crippen LogP contribution in [-0.4, -0.2) is 12.1 Å². The van der Waals surface area contributed by atoms with Gasteiger partial charge >= 0.3 is 5.97 Å². The van der Waals surface area contributed by atoms with Crippen LogP contribution in [0.5, 0.6) is 0 Å². The average Bonchev–Trinajstić information content (AvgIpc) is 2.42. The summed E-state index contributed by atoms with van der Waals surface area (Å²) in [5.74, 6) is -0.543. The lowest BCUT2D eigenvalue weighted by atomic mass is 10.0. The van der Waals surface area contributed by atoms with E-state index < -0.39 is 0 Å². The van der Waals surface area contributed by atoms with E-state index in [-0.39, 0.29) is 17.9 Å². The lowest BCUT2D eigenvalue weighted by Gasteiger charge is -2.18. The molecule has 0 aliphatic rings. The lowest BCUT2D eigenvalue weighted by Crippen LogP contribution is -2.19. The van der Waals surface area contributed by atoms with E-state index in [1.54, 1.807) is 32.9 Å². The number of allylic oxidation sites excluding steroid dienone is 4. The average molecular weight is 268 g/mol. The van der Waals surface area contributed by atoms with Gasteiger partial charge in [-0.1, -0.05) is 32.4 Å². The van der Waals surface area contributed by atoms with Crippen LogP contribution in [0.4, 0.5) is 4.39 Å². The summed E-state index contributed by atoms with van der Waals surface area (Å²) < 4.78 is 19.2. The minimum atomic E-state index is -0.363. The molecule has 0 aromatic heterocycles. The molecule has 0 aliphatic heterocycles. The molecule has 0 fully saturated rings. The molecule has 19 heavy (non-hydrogen) atoms. The highest BCUT2D eigenvalue weighted by molar-refractivity contribution is 5.69. The van der Waals surface area contributed by atoms with Crippen molar-refractivity contribution in [1.82, 2.24) is 0 Å². The molecule has 0 saturated heterocycles. The summed E-state index contributed by atoms with van der Waals surface area (Å²) in [5.41, 5.74) is 1.29. The van der Waals surface area contributed by atoms with Crippen molar-refractivity contribution in [2.45, 2.75) is 60.0 Å². The van der Waals surface area contributed by atoms with Crippen molar-refractivity contribution >= 4 is 5.97 Å². The smallest absolute Gasteiger partial charge is 0.306 e. The van der Waals surface area contributed by atoms with E-state index in [4.69, 9.17) is 4.74 Å². The number of esters is 1. The quantitative estimate of drug-likeness (QED) is 0.486. The van der Waals surface area contributed by atoms with Gasteiger partial charge in [0.1, 0.15) is 11.9 Å². The van der Waals surface area contributed by atoms with Gasteiger partial charge in [-0.05, 0) is 44.4 Å². The fraction of sp³-hybridized carbons (Fsp3) is 0.562. The molecule has 0 saturated carbocycles. The van der Waals surface area contributed by atoms with Crippen LogP contribution in [0.15, 0.2) is 35.2 Å². The largest absolute Gasteiger partial charge is 0.457 e. The molecule has 1 atom stereocenters. The Morgan fingerprint density at radius 3 is 2.32 bits per heavy atom. The van der Waals surface area contributed by atoms with Crippen molar-refractivity contribution < 1.29 is 13.9 Å². The van der Waals surface area contributed by atoms with Gasteiger partial charge in [0.2, 0.25) is 0 Å². The molecular weight excluding hydrogens is 243 g/mol. The SMILES string of the molecule is C\C=C(C)/C(F)=C\C(=C/C)C(CCC)OC(=O)CC. The number of ether oxygens (including phenoxy) is 1. The third kappa shape index (κ3) is 6.37. The molecule has 1 unspecified atom stereocenters. The topological polar surface area (TPSA) is 26.3 Å². The summed E-state index contributed by atoms with van der Waals surface area (Å²) in [6.07, 6.45) is 6.51. The molecule has 0 rings (SSSR count). The van der Waals surface area contributed by atoms with E-state index in [0.717, 1.165) is 6.42 Å². The van der Waals surface area contributed by atoms with Gasteiger partial charge in [0.25, 0.3) is 0 Å². The first-order valence-corrected chi connectivity index (χ1v) is 6.86. The molecule has 0 bridgehead atoms. The molecule has 0 amide bonds. The fourth-order valence-corrected chi connectivity index (χ4v) is 1.56. The monoisotopic (exact) mass is 268 g/mol. The number of carbonyl (C=O) groups excluding carboxylic acids is 1. The Balaban J connectivity index is 5.11. The molecule has 0 aromatic rings. The van der Waals surface area contributed by atoms with Crippen molar-refractivity contribution in [3.63, 3.8) is 0 Å². The zero-order valence-electron chi connectivity index (χ0n) is 12.6. The predicted octanol–water partition coefficient (Wildman–Crippen LogP) is 4.87. The minimum absolute atomic E-state index is 0.255. The number of hydrogen-bond acceptors (Lipinski definition) is 2. The van der Waals surface area contributed by atoms with Crippen molar-refractivity contribution in [2.75, 3.05) is 0 Å². The van der Waals surface area contributed by atoms with E-state index in [1.165, 1.54) is 6.08 Å². The number of rotatable bonds is 7. The summed E-state index contributed by atoms with van der Waals surface area (Å²) in [4.78, 5) is 11.4. The second-order valence-electron chi connectivity index (χ2n) is 4.37. The number of halogens is 1. The number of hydrogen-bond donors (Lipinski definition) is 0. The standard InChI is InChI=1S/C16H25FO2/c1-6-10-15(19-16(18)9-4)13(8-3)11-14(17)12(5)7-2/h7-8,11,15H,6,9-10H2,1-5H3/b12-7-,13-8+,14-11+. The van der Waals surface area contributed by atoms with Crippen molar-refractivity contribution in [3.05, 3.63) is 35.2 Å². The Morgan fingerprint density at radius 1 is 1.26 bits per heavy atom. The summed E-state index contributed by atoms with van der Waals surface area (Å²) in [6, 6.07) is 0. The van der Waals surface area contributed by atoms with Gasteiger partial charge < -0.3 is 4.74 Å². The first-order chi connectivity index (χ1) is 8.99. The maximum absolute atomic E-state index is 13.9. The van der Waals surface area contributed by atoms with Crippen LogP contribution in [0.1, 0.15) is 53.9 Å². The van der Waals surface area contributed by atoms with Crippen molar-refractivity contribution in [1.29, 1.82) is 0 Å². The Morgan fingerprint density at radius 2 is 1.89 bits per heavy atom. The summed E-state index contributed by atoms with van der Waals surface area (Å²) in [6.45, 7) is 9.09. The van der Waals surface area contributed by atoms with Gasteiger partial charge in [-0.15, -0.1) is 0 Å². The molecule has 108 valence electrons. The van der Waals surface area contributed by atoms with Crippen LogP contribution in [0.2, 0.25) is 0 Å². The number of carbonyl (C=O) groups is 1. The van der Waals surface area contributed by atoms with Crippen LogP contribution in [0, 0.1) is 0 Å². The van der Waals surface area contributed by atoms with E-state index in [2.05, 4.69) is 0 Å². The Kier molecular flexibility index (Phi) is 8.84. The third-order valence-corrected chi connectivity index (χ3v) is 2.92. The van der Waals surface area contributed by atoms with Crippen LogP contribution in [0.3, 0.4) is 0 Å². The Bertz CT molecular complexity index is 378. The van der Waals surface area contributed by atoms with Crippen molar-refractivity contribution in [3.8, 4) is 0 Å². The lowest BCUT2D eigenvalue weighted by molar-refractivity contribution is -0.147. The van der Waals surface area contributed by atoms with Gasteiger partial charge in [0.15, 0.2) is 0 Å². The zero-order chi connectivity index (χ0) is 14.8. The molecule has 3 heteroatoms. The molecule has 0 spiro atoms. The zero-order valence-corrected chi connectivity index (χ0v) is 12.6. The van der Waals surface area contributed by atoms with Gasteiger partial charge in [0, 0.05) is 6.42 Å². The van der Waals surface area contributed by atoms with Crippen LogP contribution in [-0.2, 0) is 9.53 Å². The summed E-state index contributed by atoms with van der Waals surface area (Å²) >= 11 is 0. The highest BCUT2D eigenvalue weighted by Gasteiger charge is 2.16. The third-order valence-electron chi connectivity index (χ3n) is 2.92. The van der Waals surface area contributed by atoms with Crippen LogP contribution >= 0.6 is 0 Å². The second-order valence-corrected chi connectivity index (χ2v) is 4.37. The first-order valence-electron chi connectivity index (χ1n) is 6.86. The molecular formula is C16H25FO2. The molecule has 0 aromatic carbocycles. The maximum Gasteiger partial charge on any atom is 0.306 e. The van der Waals surface area contributed by atoms with Crippen molar-refractivity contribution in [2.24, 2.45) is 0 Å². The second kappa shape index (κ2) is 9.54.